The molecule has 0 saturated heterocycles. The zero-order valence-electron chi connectivity index (χ0n) is 13.8. The average molecular weight is 361 g/mol. The van der Waals surface area contributed by atoms with Crippen LogP contribution in [0, 0.1) is 6.92 Å². The molecule has 2 aromatic heterocycles. The first-order valence-electron chi connectivity index (χ1n) is 7.29. The number of nitrogens with zero attached hydrogens (tertiary/aromatic N) is 2. The average Bonchev–Trinajstić information content (AvgIpc) is 3.03. The van der Waals surface area contributed by atoms with Gasteiger partial charge in [-0.1, -0.05) is 22.6 Å². The van der Waals surface area contributed by atoms with Crippen molar-refractivity contribution in [3.63, 3.8) is 0 Å². The van der Waals surface area contributed by atoms with Crippen molar-refractivity contribution in [2.75, 3.05) is 14.2 Å². The summed E-state index contributed by atoms with van der Waals surface area (Å²) in [4.78, 5) is 29.1. The molecule has 1 aromatic carbocycles. The second-order valence-electron chi connectivity index (χ2n) is 5.08. The molecule has 0 unspecified atom stereocenters. The van der Waals surface area contributed by atoms with Crippen LogP contribution in [0.3, 0.4) is 0 Å². The van der Waals surface area contributed by atoms with Gasteiger partial charge < -0.3 is 19.3 Å². The fourth-order valence-electron chi connectivity index (χ4n) is 2.36. The van der Waals surface area contributed by atoms with E-state index in [1.54, 1.807) is 25.1 Å². The summed E-state index contributed by atoms with van der Waals surface area (Å²) in [6, 6.07) is 5.04. The van der Waals surface area contributed by atoms with Crippen LogP contribution in [0.2, 0.25) is 0 Å². The number of rotatable bonds is 5. The number of benzene rings is 1. The second-order valence-corrected chi connectivity index (χ2v) is 6.10. The number of ether oxygens (including phenoxy) is 2. The molecule has 0 atom stereocenters. The Morgan fingerprint density at radius 2 is 2.12 bits per heavy atom. The Morgan fingerprint density at radius 3 is 2.76 bits per heavy atom. The molecule has 0 bridgehead atoms. The van der Waals surface area contributed by atoms with Gasteiger partial charge in [0, 0.05) is 0 Å². The Balaban J connectivity index is 1.92. The molecule has 2 heterocycles. The largest absolute Gasteiger partial charge is 0.493 e. The Kier molecular flexibility index (Phi) is 4.66. The number of fused-ring (bicyclic) bond motifs is 1. The third kappa shape index (κ3) is 3.31. The number of aryl methyl sites for hydroxylation is 1. The summed E-state index contributed by atoms with van der Waals surface area (Å²) in [5.74, 6) is 1.21. The van der Waals surface area contributed by atoms with E-state index in [4.69, 9.17) is 14.0 Å². The maximum atomic E-state index is 12.5. The number of carbonyl (C=O) groups excluding carboxylic acids is 1. The molecular formula is C16H15N3O5S. The summed E-state index contributed by atoms with van der Waals surface area (Å²) >= 11 is 0.834. The molecule has 0 aliphatic carbocycles. The third-order valence-corrected chi connectivity index (χ3v) is 4.38. The number of carbonyl (C=O) groups is 1. The van der Waals surface area contributed by atoms with E-state index in [1.165, 1.54) is 14.2 Å². The van der Waals surface area contributed by atoms with Gasteiger partial charge in [0.15, 0.2) is 17.3 Å². The topological polar surface area (TPSA) is 104 Å². The maximum absolute atomic E-state index is 12.5. The van der Waals surface area contributed by atoms with E-state index in [9.17, 15) is 9.59 Å². The Morgan fingerprint density at radius 1 is 1.32 bits per heavy atom. The fourth-order valence-corrected chi connectivity index (χ4v) is 3.22. The van der Waals surface area contributed by atoms with E-state index in [0.717, 1.165) is 11.3 Å². The van der Waals surface area contributed by atoms with Crippen LogP contribution in [-0.4, -0.2) is 30.3 Å². The standard InChI is InChI=1S/C16H15N3O5S/c1-8-18-12(24-19-8)7-17-15(20)11-6-9-4-5-10(22-2)14(23-3)13(9)16(21)25-11/h4-6H,7H2,1-3H3,(H,17,20). The number of methoxy groups -OCH3 is 2. The summed E-state index contributed by atoms with van der Waals surface area (Å²) in [7, 11) is 2.97. The van der Waals surface area contributed by atoms with Crippen LogP contribution in [0.1, 0.15) is 21.4 Å². The zero-order chi connectivity index (χ0) is 18.0. The highest BCUT2D eigenvalue weighted by atomic mass is 32.1. The van der Waals surface area contributed by atoms with Crippen LogP contribution in [-0.2, 0) is 6.54 Å². The Hall–Kier alpha value is -2.94. The van der Waals surface area contributed by atoms with Gasteiger partial charge in [-0.25, -0.2) is 0 Å². The van der Waals surface area contributed by atoms with E-state index in [2.05, 4.69) is 15.5 Å². The minimum atomic E-state index is -0.394. The minimum absolute atomic E-state index is 0.0879. The van der Waals surface area contributed by atoms with Gasteiger partial charge in [0.2, 0.25) is 10.6 Å². The van der Waals surface area contributed by atoms with Crippen LogP contribution in [0.15, 0.2) is 27.5 Å². The summed E-state index contributed by atoms with van der Waals surface area (Å²) in [5.41, 5.74) is 0. The summed E-state index contributed by atoms with van der Waals surface area (Å²) < 4.78 is 15.1. The minimum Gasteiger partial charge on any atom is -0.493 e. The highest BCUT2D eigenvalue weighted by molar-refractivity contribution is 7.12. The van der Waals surface area contributed by atoms with Crippen LogP contribution in [0.25, 0.3) is 10.8 Å². The number of nitrogens with one attached hydrogen (secondary N) is 1. The number of hydrogen-bond donors (Lipinski definition) is 1. The van der Waals surface area contributed by atoms with Crippen LogP contribution < -0.4 is 19.5 Å². The Labute approximate surface area is 146 Å². The first kappa shape index (κ1) is 16.9. The molecule has 130 valence electrons. The molecule has 0 saturated carbocycles. The van der Waals surface area contributed by atoms with Crippen molar-refractivity contribution in [2.45, 2.75) is 13.5 Å². The lowest BCUT2D eigenvalue weighted by Crippen LogP contribution is -2.23. The third-order valence-electron chi connectivity index (χ3n) is 3.46. The van der Waals surface area contributed by atoms with Crippen LogP contribution in [0.5, 0.6) is 11.5 Å². The second kappa shape index (κ2) is 6.89. The molecule has 25 heavy (non-hydrogen) atoms. The summed E-state index contributed by atoms with van der Waals surface area (Å²) in [6.45, 7) is 1.77. The van der Waals surface area contributed by atoms with Gasteiger partial charge in [0.05, 0.1) is 31.0 Å². The van der Waals surface area contributed by atoms with E-state index >= 15 is 0 Å². The molecule has 0 radical (unpaired) electrons. The first-order chi connectivity index (χ1) is 12.0. The SMILES string of the molecule is COc1ccc2cc(C(=O)NCc3nc(C)no3)sc(=O)c2c1OC. The summed E-state index contributed by atoms with van der Waals surface area (Å²) in [5, 5.41) is 7.28. The van der Waals surface area contributed by atoms with Crippen molar-refractivity contribution in [3.05, 3.63) is 44.3 Å². The van der Waals surface area contributed by atoms with Crippen molar-refractivity contribution in [1.29, 1.82) is 0 Å². The van der Waals surface area contributed by atoms with Crippen molar-refractivity contribution in [3.8, 4) is 11.5 Å². The lowest BCUT2D eigenvalue weighted by atomic mass is 10.1. The van der Waals surface area contributed by atoms with E-state index in [0.29, 0.717) is 34.0 Å². The quantitative estimate of drug-likeness (QED) is 0.740. The van der Waals surface area contributed by atoms with E-state index in [-0.39, 0.29) is 16.2 Å². The van der Waals surface area contributed by atoms with E-state index < -0.39 is 5.91 Å². The predicted molar refractivity (Wildman–Crippen MR) is 91.4 cm³/mol. The molecule has 0 aliphatic heterocycles. The van der Waals surface area contributed by atoms with Crippen molar-refractivity contribution in [2.24, 2.45) is 0 Å². The molecule has 0 spiro atoms. The highest BCUT2D eigenvalue weighted by Gasteiger charge is 2.16. The molecule has 0 aliphatic rings. The molecular weight excluding hydrogens is 346 g/mol. The molecule has 0 fully saturated rings. The molecule has 1 amide bonds. The fraction of sp³-hybridized carbons (Fsp3) is 0.250. The molecule has 1 N–H and O–H groups in total. The zero-order valence-corrected chi connectivity index (χ0v) is 14.6. The molecule has 9 heteroatoms. The molecule has 3 rings (SSSR count). The van der Waals surface area contributed by atoms with Crippen LogP contribution in [0.4, 0.5) is 0 Å². The Bertz CT molecular complexity index is 995. The van der Waals surface area contributed by atoms with Gasteiger partial charge >= 0.3 is 0 Å². The number of aromatic nitrogens is 2. The van der Waals surface area contributed by atoms with Gasteiger partial charge in [-0.2, -0.15) is 4.98 Å². The van der Waals surface area contributed by atoms with Gasteiger partial charge in [0.1, 0.15) is 0 Å². The van der Waals surface area contributed by atoms with Gasteiger partial charge in [-0.3, -0.25) is 9.59 Å². The van der Waals surface area contributed by atoms with Gasteiger partial charge in [-0.15, -0.1) is 0 Å². The van der Waals surface area contributed by atoms with Crippen molar-refractivity contribution < 1.29 is 18.8 Å². The monoisotopic (exact) mass is 361 g/mol. The normalized spacial score (nSPS) is 10.7. The predicted octanol–water partition coefficient (Wildman–Crippen LogP) is 1.90. The smallest absolute Gasteiger partial charge is 0.261 e. The van der Waals surface area contributed by atoms with Crippen LogP contribution >= 0.6 is 11.3 Å². The van der Waals surface area contributed by atoms with Crippen molar-refractivity contribution >= 4 is 28.0 Å². The first-order valence-corrected chi connectivity index (χ1v) is 8.11. The number of hydrogen-bond acceptors (Lipinski definition) is 8. The van der Waals surface area contributed by atoms with E-state index in [1.807, 2.05) is 0 Å². The maximum Gasteiger partial charge on any atom is 0.261 e. The summed E-state index contributed by atoms with van der Waals surface area (Å²) in [6.07, 6.45) is 0. The molecule has 8 nitrogen and oxygen atoms in total. The van der Waals surface area contributed by atoms with Gasteiger partial charge in [0.25, 0.3) is 5.91 Å². The number of amides is 1. The van der Waals surface area contributed by atoms with Crippen molar-refractivity contribution in [1.82, 2.24) is 15.5 Å². The van der Waals surface area contributed by atoms with Gasteiger partial charge in [-0.05, 0) is 24.4 Å². The highest BCUT2D eigenvalue weighted by Crippen LogP contribution is 2.34. The lowest BCUT2D eigenvalue weighted by molar-refractivity contribution is 0.0950. The lowest BCUT2D eigenvalue weighted by Gasteiger charge is -2.10. The molecule has 3 aromatic rings.